The molecule has 1 heteroatoms. The Labute approximate surface area is 181 Å². The van der Waals surface area contributed by atoms with Gasteiger partial charge in [-0.05, 0) is 24.2 Å². The molecule has 0 aliphatic rings. The van der Waals surface area contributed by atoms with Gasteiger partial charge in [-0.2, -0.15) is 0 Å². The van der Waals surface area contributed by atoms with Gasteiger partial charge in [0, 0.05) is 0 Å². The van der Waals surface area contributed by atoms with Crippen molar-refractivity contribution < 1.29 is 0 Å². The lowest BCUT2D eigenvalue weighted by Gasteiger charge is -2.22. The normalized spacial score (nSPS) is 14.0. The van der Waals surface area contributed by atoms with Crippen LogP contribution in [0.4, 0.5) is 0 Å². The van der Waals surface area contributed by atoms with Gasteiger partial charge in [-0.1, -0.05) is 150 Å². The Balaban J connectivity index is 3.91. The van der Waals surface area contributed by atoms with Crippen molar-refractivity contribution in [2.24, 2.45) is 17.8 Å². The highest BCUT2D eigenvalue weighted by Gasteiger charge is 2.15. The quantitative estimate of drug-likeness (QED) is 0.135. The third-order valence-corrected chi connectivity index (χ3v) is 6.84. The molecule has 0 fully saturated rings. The van der Waals surface area contributed by atoms with Crippen molar-refractivity contribution in [2.75, 3.05) is 0 Å². The van der Waals surface area contributed by atoms with Crippen LogP contribution in [0.5, 0.6) is 0 Å². The van der Waals surface area contributed by atoms with Crippen LogP contribution >= 0.6 is 0 Å². The van der Waals surface area contributed by atoms with Crippen LogP contribution in [-0.4, -0.2) is 7.28 Å². The molecule has 2 atom stereocenters. The molecule has 0 nitrogen and oxygen atoms in total. The van der Waals surface area contributed by atoms with E-state index in [9.17, 15) is 0 Å². The largest absolute Gasteiger partial charge is 0.124 e. The molecule has 28 heavy (non-hydrogen) atoms. The van der Waals surface area contributed by atoms with Crippen LogP contribution in [0.1, 0.15) is 144 Å². The smallest absolute Gasteiger partial charge is 0.0772 e. The van der Waals surface area contributed by atoms with Gasteiger partial charge in [-0.3, -0.25) is 0 Å². The SMILES string of the molecule is CCCCBC(CCCCCCCC)CCCCCCC(CC(C)C)C(C)C. The van der Waals surface area contributed by atoms with Gasteiger partial charge in [-0.25, -0.2) is 0 Å². The first-order chi connectivity index (χ1) is 13.5. The van der Waals surface area contributed by atoms with Crippen LogP contribution in [0, 0.1) is 17.8 Å². The van der Waals surface area contributed by atoms with Gasteiger partial charge in [0.25, 0.3) is 0 Å². The summed E-state index contributed by atoms with van der Waals surface area (Å²) in [4.78, 5) is 0. The number of rotatable bonds is 21. The zero-order valence-electron chi connectivity index (χ0n) is 21.0. The Morgan fingerprint density at radius 1 is 0.571 bits per heavy atom. The second-order valence-electron chi connectivity index (χ2n) is 10.5. The summed E-state index contributed by atoms with van der Waals surface area (Å²) < 4.78 is 0. The van der Waals surface area contributed by atoms with Crippen molar-refractivity contribution in [1.82, 2.24) is 0 Å². The zero-order chi connectivity index (χ0) is 21.0. The predicted molar refractivity (Wildman–Crippen MR) is 134 cm³/mol. The average molecular weight is 393 g/mol. The molecule has 0 radical (unpaired) electrons. The van der Waals surface area contributed by atoms with E-state index in [2.05, 4.69) is 41.5 Å². The molecule has 0 aliphatic carbocycles. The Kier molecular flexibility index (Phi) is 20.4. The minimum absolute atomic E-state index is 0.859. The molecule has 0 aromatic rings. The van der Waals surface area contributed by atoms with E-state index >= 15 is 0 Å². The van der Waals surface area contributed by atoms with Crippen LogP contribution in [0.15, 0.2) is 0 Å². The molecular weight excluding hydrogens is 335 g/mol. The molecule has 0 spiro atoms. The maximum atomic E-state index is 2.43. The van der Waals surface area contributed by atoms with Gasteiger partial charge in [0.2, 0.25) is 0 Å². The molecule has 0 aromatic carbocycles. The predicted octanol–water partition coefficient (Wildman–Crippen LogP) is 9.84. The Hall–Kier alpha value is 0.0649. The zero-order valence-corrected chi connectivity index (χ0v) is 21.0. The molecule has 0 aliphatic heterocycles. The molecule has 0 rings (SSSR count). The van der Waals surface area contributed by atoms with E-state index in [1.807, 2.05) is 0 Å². The van der Waals surface area contributed by atoms with Gasteiger partial charge in [0.1, 0.15) is 7.28 Å². The summed E-state index contributed by atoms with van der Waals surface area (Å²) in [5.41, 5.74) is 0. The van der Waals surface area contributed by atoms with Gasteiger partial charge >= 0.3 is 0 Å². The highest BCUT2D eigenvalue weighted by Crippen LogP contribution is 2.27. The van der Waals surface area contributed by atoms with E-state index in [0.29, 0.717) is 0 Å². The second-order valence-corrected chi connectivity index (χ2v) is 10.5. The van der Waals surface area contributed by atoms with Crippen LogP contribution < -0.4 is 0 Å². The fraction of sp³-hybridized carbons (Fsp3) is 1.00. The first-order valence-electron chi connectivity index (χ1n) is 13.5. The first-order valence-corrected chi connectivity index (χ1v) is 13.5. The molecule has 0 saturated carbocycles. The Morgan fingerprint density at radius 2 is 1.07 bits per heavy atom. The fourth-order valence-electron chi connectivity index (χ4n) is 4.85. The standard InChI is InChI=1S/C27H57B/c1-7-9-11-12-13-17-20-27(28-22-10-8-2)21-18-15-14-16-19-26(25(5)6)23-24(3)4/h24-28H,7-23H2,1-6H3. The van der Waals surface area contributed by atoms with Crippen molar-refractivity contribution in [3.63, 3.8) is 0 Å². The molecule has 0 amide bonds. The average Bonchev–Trinajstić information content (AvgIpc) is 2.65. The van der Waals surface area contributed by atoms with Crippen LogP contribution in [0.3, 0.4) is 0 Å². The summed E-state index contributed by atoms with van der Waals surface area (Å²) >= 11 is 0. The van der Waals surface area contributed by atoms with E-state index in [1.54, 1.807) is 0 Å². The molecule has 0 N–H and O–H groups in total. The first kappa shape index (κ1) is 28.1. The minimum atomic E-state index is 0.859. The maximum absolute atomic E-state index is 2.43. The summed E-state index contributed by atoms with van der Waals surface area (Å²) in [6.45, 7) is 14.3. The van der Waals surface area contributed by atoms with E-state index in [4.69, 9.17) is 0 Å². The summed E-state index contributed by atoms with van der Waals surface area (Å²) in [7, 11) is 1.51. The monoisotopic (exact) mass is 392 g/mol. The van der Waals surface area contributed by atoms with Crippen molar-refractivity contribution in [3.05, 3.63) is 0 Å². The molecule has 2 unspecified atom stereocenters. The molecular formula is C27H57B. The molecule has 0 saturated heterocycles. The summed E-state index contributed by atoms with van der Waals surface area (Å²) in [6.07, 6.45) is 24.8. The lowest BCUT2D eigenvalue weighted by atomic mass is 9.57. The molecule has 168 valence electrons. The summed E-state index contributed by atoms with van der Waals surface area (Å²) in [5.74, 6) is 3.71. The lowest BCUT2D eigenvalue weighted by molar-refractivity contribution is 0.289. The van der Waals surface area contributed by atoms with Crippen LogP contribution in [0.2, 0.25) is 12.1 Å². The Bertz CT molecular complexity index is 297. The Morgan fingerprint density at radius 3 is 1.57 bits per heavy atom. The van der Waals surface area contributed by atoms with Crippen molar-refractivity contribution in [3.8, 4) is 0 Å². The van der Waals surface area contributed by atoms with Crippen LogP contribution in [-0.2, 0) is 0 Å². The lowest BCUT2D eigenvalue weighted by Crippen LogP contribution is -2.11. The minimum Gasteiger partial charge on any atom is -0.0772 e. The second kappa shape index (κ2) is 20.3. The van der Waals surface area contributed by atoms with Gasteiger partial charge < -0.3 is 0 Å². The highest BCUT2D eigenvalue weighted by molar-refractivity contribution is 6.37. The number of hydrogen-bond acceptors (Lipinski definition) is 0. The fourth-order valence-corrected chi connectivity index (χ4v) is 4.85. The van der Waals surface area contributed by atoms with Crippen LogP contribution in [0.25, 0.3) is 0 Å². The third-order valence-electron chi connectivity index (χ3n) is 6.84. The molecule has 0 bridgehead atoms. The third kappa shape index (κ3) is 18.1. The maximum Gasteiger partial charge on any atom is 0.124 e. The van der Waals surface area contributed by atoms with E-state index in [1.165, 1.54) is 116 Å². The topological polar surface area (TPSA) is 0 Å². The summed E-state index contributed by atoms with van der Waals surface area (Å²) in [6, 6.07) is 0. The van der Waals surface area contributed by atoms with Crippen molar-refractivity contribution >= 4 is 7.28 Å². The van der Waals surface area contributed by atoms with Crippen molar-refractivity contribution in [1.29, 1.82) is 0 Å². The highest BCUT2D eigenvalue weighted by atomic mass is 14.2. The number of hydrogen-bond donors (Lipinski definition) is 0. The van der Waals surface area contributed by atoms with Gasteiger partial charge in [0.15, 0.2) is 0 Å². The van der Waals surface area contributed by atoms with E-state index in [-0.39, 0.29) is 0 Å². The van der Waals surface area contributed by atoms with E-state index < -0.39 is 0 Å². The molecule has 0 heterocycles. The van der Waals surface area contributed by atoms with E-state index in [0.717, 1.165) is 23.6 Å². The molecule has 0 aromatic heterocycles. The van der Waals surface area contributed by atoms with Gasteiger partial charge in [-0.15, -0.1) is 0 Å². The summed E-state index contributed by atoms with van der Waals surface area (Å²) in [5, 5.41) is 0. The van der Waals surface area contributed by atoms with Crippen molar-refractivity contribution in [2.45, 2.75) is 156 Å². The number of unbranched alkanes of at least 4 members (excludes halogenated alkanes) is 9. The van der Waals surface area contributed by atoms with Gasteiger partial charge in [0.05, 0.1) is 0 Å².